The number of nitrogens with zero attached hydrogens (tertiary/aromatic N) is 3. The van der Waals surface area contributed by atoms with Gasteiger partial charge in [0.05, 0.1) is 16.8 Å². The van der Waals surface area contributed by atoms with Gasteiger partial charge in [-0.2, -0.15) is 8.97 Å². The predicted molar refractivity (Wildman–Crippen MR) is 104 cm³/mol. The molecule has 0 radical (unpaired) electrons. The van der Waals surface area contributed by atoms with E-state index in [0.29, 0.717) is 16.4 Å². The Labute approximate surface area is 173 Å². The van der Waals surface area contributed by atoms with Crippen molar-refractivity contribution in [2.75, 3.05) is 0 Å². The minimum atomic E-state index is -1.13. The van der Waals surface area contributed by atoms with Crippen LogP contribution in [-0.2, 0) is 6.54 Å². The van der Waals surface area contributed by atoms with Gasteiger partial charge in [0.1, 0.15) is 17.5 Å². The molecular weight excluding hydrogens is 423 g/mol. The summed E-state index contributed by atoms with van der Waals surface area (Å²) in [5.41, 5.74) is -1.05. The quantitative estimate of drug-likeness (QED) is 0.301. The second-order valence-corrected chi connectivity index (χ2v) is 7.02. The molecule has 0 atom stereocenters. The molecule has 0 bridgehead atoms. The van der Waals surface area contributed by atoms with E-state index in [1.165, 1.54) is 21.4 Å². The van der Waals surface area contributed by atoms with Gasteiger partial charge in [-0.3, -0.25) is 0 Å². The minimum absolute atomic E-state index is 0.0700. The third-order valence-corrected chi connectivity index (χ3v) is 4.97. The summed E-state index contributed by atoms with van der Waals surface area (Å²) in [5, 5.41) is 10.8. The number of aromatic hydroxyl groups is 1. The first-order valence-corrected chi connectivity index (χ1v) is 9.14. The molecule has 0 fully saturated rings. The lowest BCUT2D eigenvalue weighted by Crippen LogP contribution is -2.41. The maximum absolute atomic E-state index is 14.6. The minimum Gasteiger partial charge on any atom is -0.477 e. The van der Waals surface area contributed by atoms with E-state index in [4.69, 9.17) is 23.2 Å². The monoisotopic (exact) mass is 434 g/mol. The van der Waals surface area contributed by atoms with Gasteiger partial charge in [-0.05, 0) is 24.3 Å². The Morgan fingerprint density at radius 2 is 1.86 bits per heavy atom. The first-order valence-electron chi connectivity index (χ1n) is 8.39. The van der Waals surface area contributed by atoms with E-state index < -0.39 is 34.2 Å². The van der Waals surface area contributed by atoms with E-state index in [-0.39, 0.29) is 11.6 Å². The third kappa shape index (κ3) is 3.32. The van der Waals surface area contributed by atoms with E-state index in [1.807, 2.05) is 0 Å². The Morgan fingerprint density at radius 3 is 2.59 bits per heavy atom. The van der Waals surface area contributed by atoms with E-state index in [1.54, 1.807) is 30.3 Å². The molecule has 0 aliphatic carbocycles. The SMILES string of the molecule is O=c1c(-c2c(F)ccc(Cl)c2F)c(O)[n+](Cc2ccc(Cl)nc2)c2ccccn12. The molecule has 146 valence electrons. The first kappa shape index (κ1) is 19.3. The van der Waals surface area contributed by atoms with Crippen LogP contribution >= 0.6 is 23.2 Å². The van der Waals surface area contributed by atoms with Crippen LogP contribution in [0.4, 0.5) is 8.78 Å². The van der Waals surface area contributed by atoms with Crippen LogP contribution in [0.5, 0.6) is 5.88 Å². The fourth-order valence-corrected chi connectivity index (χ4v) is 3.37. The highest BCUT2D eigenvalue weighted by atomic mass is 35.5. The molecule has 5 nitrogen and oxygen atoms in total. The second-order valence-electron chi connectivity index (χ2n) is 6.23. The van der Waals surface area contributed by atoms with Crippen LogP contribution in [0.15, 0.2) is 59.7 Å². The number of benzene rings is 1. The Bertz CT molecular complexity index is 1310. The summed E-state index contributed by atoms with van der Waals surface area (Å²) in [6.07, 6.45) is 2.94. The number of pyridine rings is 2. The van der Waals surface area contributed by atoms with Crippen molar-refractivity contribution < 1.29 is 18.5 Å². The highest BCUT2D eigenvalue weighted by molar-refractivity contribution is 6.31. The highest BCUT2D eigenvalue weighted by Crippen LogP contribution is 2.32. The van der Waals surface area contributed by atoms with Crippen molar-refractivity contribution in [3.8, 4) is 17.0 Å². The average Bonchev–Trinajstić information content (AvgIpc) is 2.72. The average molecular weight is 435 g/mol. The van der Waals surface area contributed by atoms with Crippen molar-refractivity contribution in [3.05, 3.63) is 92.6 Å². The molecular formula is C20H12Cl2F2N3O2+. The zero-order valence-electron chi connectivity index (χ0n) is 14.6. The smallest absolute Gasteiger partial charge is 0.354 e. The summed E-state index contributed by atoms with van der Waals surface area (Å²) in [6, 6.07) is 10.1. The van der Waals surface area contributed by atoms with Crippen LogP contribution in [0.3, 0.4) is 0 Å². The number of hydrogen-bond donors (Lipinski definition) is 1. The fraction of sp³-hybridized carbons (Fsp3) is 0.0500. The maximum atomic E-state index is 14.6. The van der Waals surface area contributed by atoms with Crippen LogP contribution in [0.25, 0.3) is 16.8 Å². The summed E-state index contributed by atoms with van der Waals surface area (Å²) in [5.74, 6) is -2.75. The van der Waals surface area contributed by atoms with Gasteiger partial charge in [-0.25, -0.2) is 18.6 Å². The highest BCUT2D eigenvalue weighted by Gasteiger charge is 2.30. The van der Waals surface area contributed by atoms with E-state index >= 15 is 0 Å². The van der Waals surface area contributed by atoms with Crippen molar-refractivity contribution >= 4 is 28.8 Å². The van der Waals surface area contributed by atoms with Crippen molar-refractivity contribution in [2.24, 2.45) is 0 Å². The van der Waals surface area contributed by atoms with Crippen molar-refractivity contribution in [1.29, 1.82) is 0 Å². The molecule has 0 saturated carbocycles. The first-order chi connectivity index (χ1) is 13.9. The van der Waals surface area contributed by atoms with E-state index in [9.17, 15) is 18.7 Å². The van der Waals surface area contributed by atoms with Crippen LogP contribution in [0, 0.1) is 11.6 Å². The Morgan fingerprint density at radius 1 is 1.07 bits per heavy atom. The molecule has 0 amide bonds. The van der Waals surface area contributed by atoms with Gasteiger partial charge in [0.2, 0.25) is 0 Å². The zero-order chi connectivity index (χ0) is 20.7. The Kier molecular flexibility index (Phi) is 4.94. The van der Waals surface area contributed by atoms with Gasteiger partial charge in [0, 0.05) is 17.8 Å². The number of hydrogen-bond acceptors (Lipinski definition) is 3. The van der Waals surface area contributed by atoms with Gasteiger partial charge < -0.3 is 5.11 Å². The van der Waals surface area contributed by atoms with Crippen LogP contribution < -0.4 is 10.1 Å². The standard InChI is InChI=1S/C20H11Cl2F2N3O2/c21-12-5-6-13(23)16(18(12)24)17-19(28)26-8-2-1-3-15(26)27(20(17)29)10-11-4-7-14(22)25-9-11/h1-9H,10H2/p+1. The van der Waals surface area contributed by atoms with Gasteiger partial charge in [0.25, 0.3) is 11.5 Å². The molecule has 0 unspecified atom stereocenters. The summed E-state index contributed by atoms with van der Waals surface area (Å²) in [6.45, 7) is 0.0700. The normalized spacial score (nSPS) is 11.2. The molecule has 0 spiro atoms. The number of halogens is 4. The van der Waals surface area contributed by atoms with Crippen LogP contribution in [-0.4, -0.2) is 14.5 Å². The number of rotatable bonds is 3. The van der Waals surface area contributed by atoms with Crippen molar-refractivity contribution in [2.45, 2.75) is 6.54 Å². The molecule has 3 heterocycles. The van der Waals surface area contributed by atoms with Crippen LogP contribution in [0.1, 0.15) is 5.56 Å². The van der Waals surface area contributed by atoms with Gasteiger partial charge >= 0.3 is 5.56 Å². The maximum Gasteiger partial charge on any atom is 0.354 e. The van der Waals surface area contributed by atoms with Gasteiger partial charge in [-0.15, -0.1) is 0 Å². The Balaban J connectivity index is 2.06. The number of fused-ring (bicyclic) bond motifs is 1. The lowest BCUT2D eigenvalue weighted by atomic mass is 10.1. The zero-order valence-corrected chi connectivity index (χ0v) is 16.1. The Hall–Kier alpha value is -3.03. The van der Waals surface area contributed by atoms with E-state index in [0.717, 1.165) is 12.1 Å². The van der Waals surface area contributed by atoms with Crippen LogP contribution in [0.2, 0.25) is 10.2 Å². The largest absolute Gasteiger partial charge is 0.477 e. The topological polar surface area (TPSA) is 58.5 Å². The fourth-order valence-electron chi connectivity index (χ4n) is 3.10. The second kappa shape index (κ2) is 7.42. The molecule has 29 heavy (non-hydrogen) atoms. The van der Waals surface area contributed by atoms with Crippen molar-refractivity contribution in [3.63, 3.8) is 0 Å². The van der Waals surface area contributed by atoms with E-state index in [2.05, 4.69) is 4.98 Å². The molecule has 4 rings (SSSR count). The molecule has 1 aromatic carbocycles. The van der Waals surface area contributed by atoms with Gasteiger partial charge in [0.15, 0.2) is 11.4 Å². The lowest BCUT2D eigenvalue weighted by Gasteiger charge is -2.11. The summed E-state index contributed by atoms with van der Waals surface area (Å²) in [4.78, 5) is 17.0. The lowest BCUT2D eigenvalue weighted by molar-refractivity contribution is -0.671. The molecule has 0 aliphatic heterocycles. The predicted octanol–water partition coefficient (Wildman–Crippen LogP) is 3.99. The summed E-state index contributed by atoms with van der Waals surface area (Å²) >= 11 is 11.6. The third-order valence-electron chi connectivity index (χ3n) is 4.45. The number of aromatic nitrogens is 3. The van der Waals surface area contributed by atoms with Crippen molar-refractivity contribution in [1.82, 2.24) is 9.38 Å². The molecule has 3 aromatic heterocycles. The molecule has 4 aromatic rings. The molecule has 0 aliphatic rings. The molecule has 0 saturated heterocycles. The molecule has 1 N–H and O–H groups in total. The van der Waals surface area contributed by atoms with Gasteiger partial charge in [-0.1, -0.05) is 35.3 Å². The summed E-state index contributed by atoms with van der Waals surface area (Å²) < 4.78 is 31.7. The molecule has 9 heteroatoms. The summed E-state index contributed by atoms with van der Waals surface area (Å²) in [7, 11) is 0.